The van der Waals surface area contributed by atoms with Crippen LogP contribution >= 0.6 is 0 Å². The Balaban J connectivity index is 1.25. The number of nitrogens with zero attached hydrogens (tertiary/aromatic N) is 2. The number of carbonyl (C=O) groups excluding carboxylic acids is 4. The van der Waals surface area contributed by atoms with Crippen LogP contribution in [-0.4, -0.2) is 82.2 Å². The Bertz CT molecular complexity index is 2150. The van der Waals surface area contributed by atoms with Crippen LogP contribution in [0.15, 0.2) is 30.4 Å². The number of rotatable bonds is 4. The van der Waals surface area contributed by atoms with Crippen LogP contribution in [0, 0.1) is 12.8 Å². The zero-order chi connectivity index (χ0) is 41.3. The van der Waals surface area contributed by atoms with Gasteiger partial charge in [0.2, 0.25) is 21.8 Å². The van der Waals surface area contributed by atoms with Gasteiger partial charge in [-0.05, 0) is 92.1 Å². The summed E-state index contributed by atoms with van der Waals surface area (Å²) < 4.78 is 81.7. The summed E-state index contributed by atoms with van der Waals surface area (Å²) in [6.45, 7) is 8.07. The third-order valence-corrected chi connectivity index (χ3v) is 14.2. The second-order valence-corrected chi connectivity index (χ2v) is 19.8. The topological polar surface area (TPSA) is 173 Å². The molecule has 2 saturated carbocycles. The van der Waals surface area contributed by atoms with Crippen molar-refractivity contribution in [2.75, 3.05) is 6.54 Å². The number of halogens is 3. The maximum atomic E-state index is 14.7. The first-order valence-corrected chi connectivity index (χ1v) is 21.1. The standard InChI is InChI=1S/C40H50F3N5O8S/c1-23-31-26(25-13-11-14-27(30(25)44-23)40(41,42)43)16-17-38(55-31)21-29-32(49)46-39(34(51)47-57(53,54)37(5)18-19-37)20-24(39)12-9-7-6-8-10-15-28(33(50)48(29)22-38)45-35(52)56-36(2,3)4/h9,11-14,24,28-29H,6-8,10,15-22H2,1-5H3,(H,45,52)(H,46,49)(H,47,51)/b12-9-/t24-,28+,29+,38-,39-/m1/s1. The van der Waals surface area contributed by atoms with Crippen molar-refractivity contribution in [1.29, 1.82) is 0 Å². The average Bonchev–Trinajstić information content (AvgIpc) is 4.00. The molecule has 310 valence electrons. The number of aryl methyl sites for hydroxylation is 2. The highest BCUT2D eigenvalue weighted by atomic mass is 32.2. The molecule has 4 amide bonds. The lowest BCUT2D eigenvalue weighted by atomic mass is 9.86. The second kappa shape index (κ2) is 14.2. The lowest BCUT2D eigenvalue weighted by Crippen LogP contribution is -2.58. The smallest absolute Gasteiger partial charge is 0.418 e. The monoisotopic (exact) mass is 817 g/mol. The number of fused-ring (bicyclic) bond motifs is 5. The van der Waals surface area contributed by atoms with Gasteiger partial charge in [0, 0.05) is 23.3 Å². The van der Waals surface area contributed by atoms with Crippen molar-refractivity contribution in [2.24, 2.45) is 5.92 Å². The van der Waals surface area contributed by atoms with Gasteiger partial charge in [-0.25, -0.2) is 18.2 Å². The van der Waals surface area contributed by atoms with Crippen molar-refractivity contribution >= 4 is 44.7 Å². The molecule has 0 unspecified atom stereocenters. The highest BCUT2D eigenvalue weighted by molar-refractivity contribution is 7.91. The van der Waals surface area contributed by atoms with Crippen LogP contribution in [0.1, 0.15) is 109 Å². The van der Waals surface area contributed by atoms with Gasteiger partial charge in [0.1, 0.15) is 34.6 Å². The van der Waals surface area contributed by atoms with Crippen molar-refractivity contribution in [3.05, 3.63) is 47.2 Å². The van der Waals surface area contributed by atoms with Gasteiger partial charge in [0.15, 0.2) is 0 Å². The average molecular weight is 818 g/mol. The highest BCUT2D eigenvalue weighted by Crippen LogP contribution is 2.49. The molecule has 5 aliphatic rings. The number of benzene rings is 1. The first-order chi connectivity index (χ1) is 26.6. The summed E-state index contributed by atoms with van der Waals surface area (Å²) in [6.07, 6.45) is 2.53. The Labute approximate surface area is 329 Å². The molecule has 17 heteroatoms. The van der Waals surface area contributed by atoms with Gasteiger partial charge in [0.25, 0.3) is 5.91 Å². The largest absolute Gasteiger partial charge is 0.483 e. The first kappa shape index (κ1) is 40.8. The number of hydrogen-bond donors (Lipinski definition) is 3. The van der Waals surface area contributed by atoms with Gasteiger partial charge in [-0.2, -0.15) is 13.2 Å². The number of nitrogens with one attached hydrogen (secondary N) is 3. The van der Waals surface area contributed by atoms with E-state index in [0.29, 0.717) is 43.1 Å². The number of ether oxygens (including phenoxy) is 2. The van der Waals surface area contributed by atoms with Gasteiger partial charge < -0.3 is 25.0 Å². The number of alkyl carbamates (subject to hydrolysis) is 1. The van der Waals surface area contributed by atoms with Crippen molar-refractivity contribution in [3.8, 4) is 5.75 Å². The quantitative estimate of drug-likeness (QED) is 0.337. The molecule has 1 aromatic carbocycles. The van der Waals surface area contributed by atoms with Crippen LogP contribution in [0.2, 0.25) is 0 Å². The number of hydrogen-bond acceptors (Lipinski definition) is 9. The van der Waals surface area contributed by atoms with E-state index in [0.717, 1.165) is 12.5 Å². The number of sulfonamides is 1. The molecule has 3 aliphatic heterocycles. The number of alkyl halides is 3. The van der Waals surface area contributed by atoms with Gasteiger partial charge in [-0.3, -0.25) is 19.1 Å². The molecule has 13 nitrogen and oxygen atoms in total. The number of allylic oxidation sites excluding steroid dienone is 1. The van der Waals surface area contributed by atoms with E-state index in [4.69, 9.17) is 9.47 Å². The SMILES string of the molecule is Cc1nc2c(C(F)(F)F)cccc2c2c1O[C@]1(CC2)C[C@H]2C(=O)N[C@]3(C(=O)NS(=O)(=O)C4(C)CC4)C[C@H]3/C=C\CCCCC[C@H](NC(=O)OC(C)(C)C)C(=O)N2C1. The lowest BCUT2D eigenvalue weighted by Gasteiger charge is -2.37. The van der Waals surface area contributed by atoms with Crippen molar-refractivity contribution in [2.45, 2.75) is 145 Å². The van der Waals surface area contributed by atoms with E-state index in [9.17, 15) is 40.8 Å². The molecule has 1 saturated heterocycles. The summed E-state index contributed by atoms with van der Waals surface area (Å²) in [6, 6.07) is 1.54. The Hall–Kier alpha value is -4.41. The Morgan fingerprint density at radius 3 is 2.49 bits per heavy atom. The molecular formula is C40H50F3N5O8S. The zero-order valence-electron chi connectivity index (χ0n) is 32.8. The number of amides is 4. The van der Waals surface area contributed by atoms with Crippen LogP contribution in [0.4, 0.5) is 18.0 Å². The van der Waals surface area contributed by atoms with Crippen molar-refractivity contribution in [3.63, 3.8) is 0 Å². The molecule has 3 fully saturated rings. The van der Waals surface area contributed by atoms with E-state index >= 15 is 0 Å². The highest BCUT2D eigenvalue weighted by Gasteiger charge is 2.64. The van der Waals surface area contributed by atoms with Crippen LogP contribution < -0.4 is 20.1 Å². The predicted molar refractivity (Wildman–Crippen MR) is 202 cm³/mol. The molecular weight excluding hydrogens is 768 g/mol. The molecule has 7 rings (SSSR count). The third kappa shape index (κ3) is 7.92. The summed E-state index contributed by atoms with van der Waals surface area (Å²) in [4.78, 5) is 62.0. The third-order valence-electron chi connectivity index (χ3n) is 12.0. The first-order valence-electron chi connectivity index (χ1n) is 19.6. The second-order valence-electron chi connectivity index (χ2n) is 17.6. The van der Waals surface area contributed by atoms with Gasteiger partial charge in [-0.15, -0.1) is 0 Å². The van der Waals surface area contributed by atoms with Gasteiger partial charge >= 0.3 is 12.3 Å². The molecule has 0 bridgehead atoms. The van der Waals surface area contributed by atoms with Crippen LogP contribution in [0.25, 0.3) is 10.9 Å². The lowest BCUT2D eigenvalue weighted by molar-refractivity contribution is -0.141. The normalized spacial score (nSPS) is 29.4. The summed E-state index contributed by atoms with van der Waals surface area (Å²) in [7, 11) is -4.05. The minimum atomic E-state index is -4.63. The molecule has 4 heterocycles. The predicted octanol–water partition coefficient (Wildman–Crippen LogP) is 5.51. The summed E-state index contributed by atoms with van der Waals surface area (Å²) >= 11 is 0. The number of para-hydroxylation sites is 1. The van der Waals surface area contributed by atoms with Crippen LogP contribution in [0.5, 0.6) is 5.75 Å². The van der Waals surface area contributed by atoms with Crippen molar-refractivity contribution in [1.82, 2.24) is 25.2 Å². The van der Waals surface area contributed by atoms with E-state index in [2.05, 4.69) is 20.3 Å². The van der Waals surface area contributed by atoms with E-state index in [1.807, 2.05) is 12.2 Å². The Morgan fingerprint density at radius 1 is 1.07 bits per heavy atom. The fourth-order valence-corrected chi connectivity index (χ4v) is 9.70. The Morgan fingerprint density at radius 2 is 1.81 bits per heavy atom. The summed E-state index contributed by atoms with van der Waals surface area (Å²) in [5, 5.41) is 5.87. The molecule has 2 aromatic rings. The minimum absolute atomic E-state index is 0.0577. The van der Waals surface area contributed by atoms with Crippen molar-refractivity contribution < 1.29 is 50.2 Å². The van der Waals surface area contributed by atoms with Gasteiger partial charge in [-0.1, -0.05) is 37.1 Å². The number of carbonyl (C=O) groups is 4. The molecule has 1 spiro atoms. The molecule has 3 N–H and O–H groups in total. The van der Waals surface area contributed by atoms with E-state index in [1.54, 1.807) is 40.7 Å². The van der Waals surface area contributed by atoms with Crippen LogP contribution in [-0.2, 0) is 41.7 Å². The maximum absolute atomic E-state index is 14.7. The maximum Gasteiger partial charge on any atom is 0.418 e. The molecule has 2 aliphatic carbocycles. The van der Waals surface area contributed by atoms with E-state index < -0.39 is 85.1 Å². The fourth-order valence-electron chi connectivity index (χ4n) is 8.39. The van der Waals surface area contributed by atoms with Gasteiger partial charge in [0.05, 0.1) is 28.1 Å². The molecule has 0 radical (unpaired) electrons. The van der Waals surface area contributed by atoms with Crippen LogP contribution in [0.3, 0.4) is 0 Å². The number of pyridine rings is 1. The minimum Gasteiger partial charge on any atom is -0.483 e. The summed E-state index contributed by atoms with van der Waals surface area (Å²) in [5.41, 5.74) is -3.97. The zero-order valence-corrected chi connectivity index (χ0v) is 33.6. The molecule has 5 atom stereocenters. The number of aromatic nitrogens is 1. The van der Waals surface area contributed by atoms with E-state index in [-0.39, 0.29) is 55.6 Å². The fraction of sp³-hybridized carbons (Fsp3) is 0.625. The molecule has 57 heavy (non-hydrogen) atoms. The molecule has 1 aromatic heterocycles. The van der Waals surface area contributed by atoms with E-state index in [1.165, 1.54) is 11.0 Å². The Kier molecular flexibility index (Phi) is 10.1. The summed E-state index contributed by atoms with van der Waals surface area (Å²) in [5.74, 6) is -2.36.